The Morgan fingerprint density at radius 3 is 2.05 bits per heavy atom. The lowest BCUT2D eigenvalue weighted by molar-refractivity contribution is -0.161. The zero-order valence-electron chi connectivity index (χ0n) is 37.5. The fourth-order valence-corrected chi connectivity index (χ4v) is 7.50. The van der Waals surface area contributed by atoms with Gasteiger partial charge >= 0.3 is 0 Å². The van der Waals surface area contributed by atoms with Gasteiger partial charge in [0.15, 0.2) is 14.6 Å². The van der Waals surface area contributed by atoms with Gasteiger partial charge in [-0.3, -0.25) is 14.9 Å². The molecule has 2 amide bonds. The van der Waals surface area contributed by atoms with Crippen molar-refractivity contribution in [1.82, 2.24) is 15.5 Å². The van der Waals surface area contributed by atoms with E-state index >= 15 is 4.79 Å². The van der Waals surface area contributed by atoms with Crippen LogP contribution in [0.2, 0.25) is 18.1 Å². The van der Waals surface area contributed by atoms with Crippen LogP contribution in [0.1, 0.15) is 78.5 Å². The van der Waals surface area contributed by atoms with Crippen molar-refractivity contribution in [1.29, 1.82) is 0 Å². The minimum Gasteiger partial charge on any atom is -0.488 e. The topological polar surface area (TPSA) is 128 Å². The summed E-state index contributed by atoms with van der Waals surface area (Å²) in [5.41, 5.74) is 2.31. The predicted octanol–water partition coefficient (Wildman–Crippen LogP) is 8.34. The Bertz CT molecular complexity index is 1900. The van der Waals surface area contributed by atoms with Gasteiger partial charge in [-0.2, -0.15) is 0 Å². The molecule has 0 aliphatic rings. The third kappa shape index (κ3) is 15.7. The van der Waals surface area contributed by atoms with Gasteiger partial charge in [0.25, 0.3) is 0 Å². The summed E-state index contributed by atoms with van der Waals surface area (Å²) >= 11 is 0. The summed E-state index contributed by atoms with van der Waals surface area (Å²) in [5, 5.41) is 19.2. The molecule has 3 atom stereocenters. The normalized spacial score (nSPS) is 13.9. The molecule has 0 spiro atoms. The Morgan fingerprint density at radius 2 is 1.42 bits per heavy atom. The molecule has 1 unspecified atom stereocenters. The fraction of sp³-hybridized carbons (Fsp3) is 0.500. The molecule has 4 aromatic carbocycles. The van der Waals surface area contributed by atoms with E-state index in [9.17, 15) is 9.90 Å². The van der Waals surface area contributed by atoms with Crippen molar-refractivity contribution < 1.29 is 38.1 Å². The van der Waals surface area contributed by atoms with Crippen molar-refractivity contribution in [3.63, 3.8) is 0 Å². The van der Waals surface area contributed by atoms with Gasteiger partial charge in [-0.05, 0) is 92.3 Å². The highest BCUT2D eigenvalue weighted by Gasteiger charge is 2.38. The van der Waals surface area contributed by atoms with Crippen molar-refractivity contribution in [2.24, 2.45) is 0 Å². The van der Waals surface area contributed by atoms with Gasteiger partial charge in [-0.1, -0.05) is 106 Å². The Balaban J connectivity index is 1.66. The van der Waals surface area contributed by atoms with Crippen LogP contribution in [0.4, 0.5) is 0 Å². The van der Waals surface area contributed by atoms with Crippen LogP contribution in [0.5, 0.6) is 5.75 Å². The van der Waals surface area contributed by atoms with Crippen molar-refractivity contribution in [2.45, 2.75) is 130 Å². The van der Waals surface area contributed by atoms with Gasteiger partial charge in [-0.15, -0.1) is 0 Å². The number of carbonyl (C=O) groups excluding carboxylic acids is 2. The molecule has 60 heavy (non-hydrogen) atoms. The van der Waals surface area contributed by atoms with E-state index < -0.39 is 33.1 Å². The molecule has 4 rings (SSSR count). The Hall–Kier alpha value is -4.14. The molecular weight excluding hydrogens is 775 g/mol. The molecule has 0 aliphatic heterocycles. The van der Waals surface area contributed by atoms with Crippen LogP contribution in [0, 0.1) is 0 Å². The molecule has 0 fully saturated rings. The summed E-state index contributed by atoms with van der Waals surface area (Å²) in [6.45, 7) is 22.0. The largest absolute Gasteiger partial charge is 0.488 e. The van der Waals surface area contributed by atoms with Crippen molar-refractivity contribution >= 4 is 30.9 Å². The van der Waals surface area contributed by atoms with Crippen LogP contribution >= 0.6 is 0 Å². The van der Waals surface area contributed by atoms with Crippen LogP contribution in [-0.2, 0) is 47.8 Å². The number of nitrogens with one attached hydrogen (secondary N) is 2. The summed E-state index contributed by atoms with van der Waals surface area (Å²) in [6.07, 6.45) is -1.93. The van der Waals surface area contributed by atoms with Gasteiger partial charge in [-0.25, -0.2) is 0 Å². The van der Waals surface area contributed by atoms with Gasteiger partial charge in [0.05, 0.1) is 13.2 Å². The number of fused-ring (bicyclic) bond motifs is 1. The lowest BCUT2D eigenvalue weighted by atomic mass is 10.0. The van der Waals surface area contributed by atoms with Crippen LogP contribution in [0.3, 0.4) is 0 Å². The second-order valence-corrected chi connectivity index (χ2v) is 22.5. The average molecular weight is 844 g/mol. The van der Waals surface area contributed by atoms with Gasteiger partial charge in [0.1, 0.15) is 17.4 Å². The first kappa shape index (κ1) is 48.5. The van der Waals surface area contributed by atoms with E-state index in [-0.39, 0.29) is 61.6 Å². The molecule has 0 aromatic heterocycles. The van der Waals surface area contributed by atoms with E-state index in [0.717, 1.165) is 27.5 Å². The lowest BCUT2D eigenvalue weighted by Gasteiger charge is -2.37. The first-order valence-electron chi connectivity index (χ1n) is 21.2. The molecule has 0 saturated carbocycles. The zero-order chi connectivity index (χ0) is 43.9. The van der Waals surface area contributed by atoms with E-state index in [1.54, 1.807) is 4.90 Å². The monoisotopic (exact) mass is 843 g/mol. The molecule has 0 saturated heterocycles. The number of rotatable bonds is 23. The van der Waals surface area contributed by atoms with E-state index in [0.29, 0.717) is 19.0 Å². The summed E-state index contributed by atoms with van der Waals surface area (Å²) in [7, 11) is -2.25. The van der Waals surface area contributed by atoms with Crippen LogP contribution in [-0.4, -0.2) is 86.9 Å². The molecule has 4 aromatic rings. The number of amides is 2. The maximum atomic E-state index is 15.1. The molecule has 3 N–H and O–H groups in total. The van der Waals surface area contributed by atoms with Gasteiger partial charge in [0, 0.05) is 45.2 Å². The zero-order valence-corrected chi connectivity index (χ0v) is 38.5. The number of nitrogens with zero attached hydrogens (tertiary/aromatic N) is 1. The predicted molar refractivity (Wildman–Crippen MR) is 241 cm³/mol. The molecule has 12 heteroatoms. The Morgan fingerprint density at radius 1 is 0.783 bits per heavy atom. The van der Waals surface area contributed by atoms with Crippen LogP contribution < -0.4 is 15.4 Å². The number of hydrogen-bond acceptors (Lipinski definition) is 9. The van der Waals surface area contributed by atoms with Crippen molar-refractivity contribution in [3.05, 3.63) is 114 Å². The van der Waals surface area contributed by atoms with E-state index in [2.05, 4.69) is 44.5 Å². The van der Waals surface area contributed by atoms with Crippen LogP contribution in [0.15, 0.2) is 97.1 Å². The Labute approximate surface area is 359 Å². The lowest BCUT2D eigenvalue weighted by Crippen LogP contribution is -2.53. The third-order valence-electron chi connectivity index (χ3n) is 10.6. The number of hydrogen-bond donors (Lipinski definition) is 3. The average Bonchev–Trinajstić information content (AvgIpc) is 3.19. The summed E-state index contributed by atoms with van der Waals surface area (Å²) in [6, 6.07) is 29.7. The number of benzene rings is 4. The standard InChI is InChI=1S/C48H69N3O8Si/c1-11-55-44(56-12-2)32-51(31-38-23-18-22-37-21-16-17-24-41(37)38)45(53)42(29-35-25-27-40(28-26-35)59-47(3,4)5)50-43(52)30-39(34-58-60(9,10)48(6,7)8)49-46(54)57-33-36-19-14-13-15-20-36/h13-28,39,42,44,46,49,54H,11-12,29-34H2,1-10H3,(H,50,52)/t39-,42+,46?/m1/s1. The maximum absolute atomic E-state index is 15.1. The summed E-state index contributed by atoms with van der Waals surface area (Å²) in [5.74, 6) is 0.0311. The molecule has 328 valence electrons. The second kappa shape index (κ2) is 22.6. The molecule has 0 bridgehead atoms. The molecular formula is C48H69N3O8Si. The molecule has 0 heterocycles. The van der Waals surface area contributed by atoms with E-state index in [1.807, 2.05) is 132 Å². The van der Waals surface area contributed by atoms with Crippen molar-refractivity contribution in [2.75, 3.05) is 26.4 Å². The summed E-state index contributed by atoms with van der Waals surface area (Å²) in [4.78, 5) is 31.1. The third-order valence-corrected chi connectivity index (χ3v) is 15.1. The number of aliphatic hydroxyl groups excluding tert-OH is 1. The first-order valence-corrected chi connectivity index (χ1v) is 24.1. The first-order chi connectivity index (χ1) is 28.4. The molecule has 0 aliphatic carbocycles. The molecule has 0 radical (unpaired) electrons. The highest BCUT2D eigenvalue weighted by Crippen LogP contribution is 2.36. The Kier molecular flexibility index (Phi) is 18.3. The summed E-state index contributed by atoms with van der Waals surface area (Å²) < 4.78 is 30.3. The van der Waals surface area contributed by atoms with E-state index in [4.69, 9.17) is 23.4 Å². The number of carbonyl (C=O) groups is 2. The highest BCUT2D eigenvalue weighted by atomic mass is 28.4. The quantitative estimate of drug-likeness (QED) is 0.0499. The van der Waals surface area contributed by atoms with Crippen LogP contribution in [0.25, 0.3) is 10.8 Å². The molecule has 11 nitrogen and oxygen atoms in total. The fourth-order valence-electron chi connectivity index (χ4n) is 6.44. The SMILES string of the molecule is CCOC(CN(Cc1cccc2ccccc12)C(=O)[C@H](Cc1ccc(OC(C)(C)C)cc1)NC(=O)C[C@H](CO[Si](C)(C)C(C)(C)C)NC(O)OCc1ccccc1)OCC. The number of ether oxygens (including phenoxy) is 4. The number of aliphatic hydroxyl groups is 1. The second-order valence-electron chi connectivity index (χ2n) is 17.7. The van der Waals surface area contributed by atoms with E-state index in [1.165, 1.54) is 0 Å². The van der Waals surface area contributed by atoms with Gasteiger partial charge in [0.2, 0.25) is 18.2 Å². The minimum absolute atomic E-state index is 0.0817. The smallest absolute Gasteiger partial charge is 0.245 e. The minimum atomic E-state index is -2.25. The maximum Gasteiger partial charge on any atom is 0.245 e. The highest BCUT2D eigenvalue weighted by molar-refractivity contribution is 6.74. The van der Waals surface area contributed by atoms with Crippen molar-refractivity contribution in [3.8, 4) is 5.75 Å². The van der Waals surface area contributed by atoms with Gasteiger partial charge < -0.3 is 38.7 Å².